The number of carboxylic acid groups (broad SMARTS) is 1. The van der Waals surface area contributed by atoms with Crippen LogP contribution in [0.2, 0.25) is 0 Å². The fourth-order valence-corrected chi connectivity index (χ4v) is 3.12. The second kappa shape index (κ2) is 13.7. The van der Waals surface area contributed by atoms with E-state index in [0.29, 0.717) is 12.1 Å². The van der Waals surface area contributed by atoms with E-state index in [1.807, 2.05) is 25.1 Å². The lowest BCUT2D eigenvalue weighted by Gasteiger charge is -2.11. The molecule has 0 aliphatic rings. The molecule has 0 atom stereocenters. The molecular formula is C25H32ClNO2. The van der Waals surface area contributed by atoms with Crippen molar-refractivity contribution in [1.82, 2.24) is 0 Å². The summed E-state index contributed by atoms with van der Waals surface area (Å²) >= 11 is 0. The SMILES string of the molecule is CCCCCCCCC#Cc1ccc(CNc2cccc(C(=O)O)c2C)cc1.Cl. The number of rotatable bonds is 10. The van der Waals surface area contributed by atoms with Crippen LogP contribution in [0, 0.1) is 18.8 Å². The minimum Gasteiger partial charge on any atom is -0.478 e. The van der Waals surface area contributed by atoms with Gasteiger partial charge in [-0.15, -0.1) is 12.4 Å². The molecule has 0 aliphatic carbocycles. The van der Waals surface area contributed by atoms with Crippen molar-refractivity contribution in [2.75, 3.05) is 5.32 Å². The van der Waals surface area contributed by atoms with Crippen molar-refractivity contribution in [1.29, 1.82) is 0 Å². The van der Waals surface area contributed by atoms with E-state index in [2.05, 4.69) is 36.2 Å². The van der Waals surface area contributed by atoms with Gasteiger partial charge in [-0.1, -0.05) is 69.1 Å². The molecule has 0 amide bonds. The summed E-state index contributed by atoms with van der Waals surface area (Å²) in [4.78, 5) is 11.2. The highest BCUT2D eigenvalue weighted by atomic mass is 35.5. The Morgan fingerprint density at radius 1 is 1.00 bits per heavy atom. The third-order valence-electron chi connectivity index (χ3n) is 4.89. The zero-order chi connectivity index (χ0) is 20.2. The number of halogens is 1. The molecule has 0 saturated heterocycles. The van der Waals surface area contributed by atoms with Crippen LogP contribution in [0.4, 0.5) is 5.69 Å². The topological polar surface area (TPSA) is 49.3 Å². The van der Waals surface area contributed by atoms with Gasteiger partial charge in [0, 0.05) is 24.2 Å². The monoisotopic (exact) mass is 413 g/mol. The Morgan fingerprint density at radius 2 is 1.69 bits per heavy atom. The molecule has 29 heavy (non-hydrogen) atoms. The number of aromatic carboxylic acids is 1. The summed E-state index contributed by atoms with van der Waals surface area (Å²) in [6.45, 7) is 4.72. The average molecular weight is 414 g/mol. The first-order valence-corrected chi connectivity index (χ1v) is 10.3. The van der Waals surface area contributed by atoms with Gasteiger partial charge in [0.05, 0.1) is 5.56 Å². The van der Waals surface area contributed by atoms with Crippen LogP contribution in [-0.4, -0.2) is 11.1 Å². The first-order valence-electron chi connectivity index (χ1n) is 10.3. The molecule has 0 fully saturated rings. The van der Waals surface area contributed by atoms with Crippen molar-refractivity contribution in [2.45, 2.75) is 65.3 Å². The van der Waals surface area contributed by atoms with Crippen molar-refractivity contribution >= 4 is 24.1 Å². The molecule has 2 N–H and O–H groups in total. The third-order valence-corrected chi connectivity index (χ3v) is 4.89. The number of nitrogens with one attached hydrogen (secondary N) is 1. The van der Waals surface area contributed by atoms with Crippen molar-refractivity contribution < 1.29 is 9.90 Å². The summed E-state index contributed by atoms with van der Waals surface area (Å²) in [6, 6.07) is 13.5. The summed E-state index contributed by atoms with van der Waals surface area (Å²) < 4.78 is 0. The molecule has 3 nitrogen and oxygen atoms in total. The normalized spacial score (nSPS) is 9.86. The molecule has 2 aromatic carbocycles. The molecule has 0 saturated carbocycles. The predicted octanol–water partition coefficient (Wildman–Crippen LogP) is 6.83. The molecule has 0 bridgehead atoms. The van der Waals surface area contributed by atoms with Gasteiger partial charge in [0.15, 0.2) is 0 Å². The first-order chi connectivity index (χ1) is 13.6. The van der Waals surface area contributed by atoms with Gasteiger partial charge in [0.2, 0.25) is 0 Å². The Morgan fingerprint density at radius 3 is 2.38 bits per heavy atom. The molecule has 0 spiro atoms. The van der Waals surface area contributed by atoms with Crippen LogP contribution in [0.1, 0.15) is 78.9 Å². The van der Waals surface area contributed by atoms with E-state index in [-0.39, 0.29) is 12.4 Å². The minimum atomic E-state index is -0.898. The highest BCUT2D eigenvalue weighted by Crippen LogP contribution is 2.20. The largest absolute Gasteiger partial charge is 0.478 e. The molecule has 0 unspecified atom stereocenters. The Kier molecular flexibility index (Phi) is 11.6. The van der Waals surface area contributed by atoms with Gasteiger partial charge in [0.25, 0.3) is 0 Å². The Balaban J connectivity index is 0.00000420. The lowest BCUT2D eigenvalue weighted by molar-refractivity contribution is 0.0696. The molecule has 0 heterocycles. The van der Waals surface area contributed by atoms with Crippen LogP contribution in [0.25, 0.3) is 0 Å². The summed E-state index contributed by atoms with van der Waals surface area (Å²) in [5.41, 5.74) is 4.12. The standard InChI is InChI=1S/C25H31NO2.ClH/c1-3-4-5-6-7-8-9-10-12-21-15-17-22(18-16-21)19-26-24-14-11-13-23(20(24)2)25(27)28;/h11,13-18,26H,3-9,19H2,1-2H3,(H,27,28);1H. The van der Waals surface area contributed by atoms with E-state index < -0.39 is 5.97 Å². The van der Waals surface area contributed by atoms with Crippen LogP contribution in [0.3, 0.4) is 0 Å². The van der Waals surface area contributed by atoms with E-state index in [0.717, 1.165) is 28.8 Å². The predicted molar refractivity (Wildman–Crippen MR) is 124 cm³/mol. The van der Waals surface area contributed by atoms with Gasteiger partial charge in [0.1, 0.15) is 0 Å². The van der Waals surface area contributed by atoms with E-state index in [4.69, 9.17) is 0 Å². The number of hydrogen-bond acceptors (Lipinski definition) is 2. The zero-order valence-corrected chi connectivity index (χ0v) is 18.3. The van der Waals surface area contributed by atoms with Gasteiger partial charge >= 0.3 is 5.97 Å². The van der Waals surface area contributed by atoms with E-state index in [1.165, 1.54) is 38.5 Å². The van der Waals surface area contributed by atoms with Crippen LogP contribution in [0.15, 0.2) is 42.5 Å². The van der Waals surface area contributed by atoms with Crippen molar-refractivity contribution in [2.24, 2.45) is 0 Å². The number of benzene rings is 2. The Hall–Kier alpha value is -2.44. The maximum Gasteiger partial charge on any atom is 0.336 e. The molecule has 156 valence electrons. The molecular weight excluding hydrogens is 382 g/mol. The fourth-order valence-electron chi connectivity index (χ4n) is 3.12. The number of unbranched alkanes of at least 4 members (excludes halogenated alkanes) is 6. The maximum atomic E-state index is 11.2. The van der Waals surface area contributed by atoms with Gasteiger partial charge in [-0.3, -0.25) is 0 Å². The number of carboxylic acids is 1. The molecule has 2 rings (SSSR count). The molecule has 0 radical (unpaired) electrons. The zero-order valence-electron chi connectivity index (χ0n) is 17.5. The Labute approximate surface area is 181 Å². The quantitative estimate of drug-likeness (QED) is 0.331. The minimum absolute atomic E-state index is 0. The highest BCUT2D eigenvalue weighted by Gasteiger charge is 2.09. The molecule has 4 heteroatoms. The molecule has 2 aromatic rings. The van der Waals surface area contributed by atoms with Crippen molar-refractivity contribution in [3.05, 3.63) is 64.7 Å². The van der Waals surface area contributed by atoms with Crippen LogP contribution in [0.5, 0.6) is 0 Å². The van der Waals surface area contributed by atoms with E-state index >= 15 is 0 Å². The smallest absolute Gasteiger partial charge is 0.336 e. The number of carbonyl (C=O) groups is 1. The van der Waals surface area contributed by atoms with Gasteiger partial charge < -0.3 is 10.4 Å². The molecule has 0 aromatic heterocycles. The lowest BCUT2D eigenvalue weighted by atomic mass is 10.1. The van der Waals surface area contributed by atoms with E-state index in [9.17, 15) is 9.90 Å². The summed E-state index contributed by atoms with van der Waals surface area (Å²) in [5, 5.41) is 12.5. The summed E-state index contributed by atoms with van der Waals surface area (Å²) in [7, 11) is 0. The number of anilines is 1. The van der Waals surface area contributed by atoms with Crippen molar-refractivity contribution in [3.63, 3.8) is 0 Å². The number of hydrogen-bond donors (Lipinski definition) is 2. The Bertz CT molecular complexity index is 819. The molecule has 0 aliphatic heterocycles. The third kappa shape index (κ3) is 8.62. The van der Waals surface area contributed by atoms with Crippen molar-refractivity contribution in [3.8, 4) is 11.8 Å². The van der Waals surface area contributed by atoms with Crippen LogP contribution >= 0.6 is 12.4 Å². The first kappa shape index (κ1) is 24.6. The lowest BCUT2D eigenvalue weighted by Crippen LogP contribution is -2.05. The summed E-state index contributed by atoms with van der Waals surface area (Å²) in [6.07, 6.45) is 8.74. The highest BCUT2D eigenvalue weighted by molar-refractivity contribution is 5.91. The average Bonchev–Trinajstić information content (AvgIpc) is 2.70. The maximum absolute atomic E-state index is 11.2. The van der Waals surface area contributed by atoms with Gasteiger partial charge in [-0.25, -0.2) is 4.79 Å². The van der Waals surface area contributed by atoms with Crippen LogP contribution in [-0.2, 0) is 6.54 Å². The van der Waals surface area contributed by atoms with Gasteiger partial charge in [-0.05, 0) is 48.7 Å². The fraction of sp³-hybridized carbons (Fsp3) is 0.400. The van der Waals surface area contributed by atoms with Gasteiger partial charge in [-0.2, -0.15) is 0 Å². The van der Waals surface area contributed by atoms with E-state index in [1.54, 1.807) is 12.1 Å². The second-order valence-corrected chi connectivity index (χ2v) is 7.15. The second-order valence-electron chi connectivity index (χ2n) is 7.15. The summed E-state index contributed by atoms with van der Waals surface area (Å²) in [5.74, 6) is 5.62. The van der Waals surface area contributed by atoms with Crippen LogP contribution < -0.4 is 5.32 Å².